The number of nitrogens with one attached hydrogen (secondary N) is 1. The van der Waals surface area contributed by atoms with Gasteiger partial charge in [-0.25, -0.2) is 4.98 Å². The van der Waals surface area contributed by atoms with E-state index in [4.69, 9.17) is 22.3 Å². The number of benzene rings is 2. The minimum absolute atomic E-state index is 0.253. The van der Waals surface area contributed by atoms with Crippen LogP contribution in [0, 0.1) is 11.7 Å². The first kappa shape index (κ1) is 19.0. The zero-order chi connectivity index (χ0) is 19.8. The van der Waals surface area contributed by atoms with E-state index >= 15 is 0 Å². The molecule has 2 aromatic heterocycles. The van der Waals surface area contributed by atoms with Crippen molar-refractivity contribution in [2.24, 2.45) is 7.05 Å². The van der Waals surface area contributed by atoms with Crippen LogP contribution in [-0.4, -0.2) is 26.4 Å². The van der Waals surface area contributed by atoms with Crippen LogP contribution in [0.15, 0.2) is 48.5 Å². The van der Waals surface area contributed by atoms with Crippen molar-refractivity contribution in [3.63, 3.8) is 0 Å². The van der Waals surface area contributed by atoms with Crippen molar-refractivity contribution in [1.82, 2.24) is 19.3 Å². The number of thiazole rings is 1. The van der Waals surface area contributed by atoms with Crippen molar-refractivity contribution in [2.45, 2.75) is 26.6 Å². The Labute approximate surface area is 173 Å². The Kier molecular flexibility index (Phi) is 5.14. The van der Waals surface area contributed by atoms with Crippen molar-refractivity contribution in [3.05, 3.63) is 63.9 Å². The molecule has 0 spiro atoms. The normalized spacial score (nSPS) is 13.7. The van der Waals surface area contributed by atoms with Gasteiger partial charge in [-0.15, -0.1) is 16.4 Å². The first-order valence-corrected chi connectivity index (χ1v) is 10.6. The van der Waals surface area contributed by atoms with Gasteiger partial charge in [0, 0.05) is 12.6 Å². The molecule has 0 amide bonds. The fourth-order valence-corrected chi connectivity index (χ4v) is 4.61. The molecule has 0 aliphatic heterocycles. The molecule has 5 nitrogen and oxygen atoms in total. The Morgan fingerprint density at radius 1 is 1.14 bits per heavy atom. The van der Waals surface area contributed by atoms with Crippen LogP contribution < -0.4 is 4.90 Å². The zero-order valence-electron chi connectivity index (χ0n) is 16.5. The van der Waals surface area contributed by atoms with Gasteiger partial charge in [0.25, 0.3) is 0 Å². The van der Waals surface area contributed by atoms with E-state index < -0.39 is 0 Å². The average molecular weight is 411 g/mol. The van der Waals surface area contributed by atoms with Gasteiger partial charge in [-0.3, -0.25) is 0 Å². The van der Waals surface area contributed by atoms with Gasteiger partial charge in [-0.1, -0.05) is 36.4 Å². The molecule has 28 heavy (non-hydrogen) atoms. The molecule has 4 aromatic rings. The number of aryl methyl sites for hydroxylation is 1. The van der Waals surface area contributed by atoms with Crippen molar-refractivity contribution >= 4 is 33.8 Å². The molecule has 4 rings (SSSR count). The molecule has 144 valence electrons. The van der Waals surface area contributed by atoms with Crippen LogP contribution in [0.5, 0.6) is 0 Å². The molecule has 0 saturated heterocycles. The van der Waals surface area contributed by atoms with Gasteiger partial charge in [0.05, 0.1) is 17.3 Å². The highest BCUT2D eigenvalue weighted by Crippen LogP contribution is 2.25. The fourth-order valence-electron chi connectivity index (χ4n) is 3.31. The lowest BCUT2D eigenvalue weighted by Gasteiger charge is -2.19. The first-order chi connectivity index (χ1) is 13.5. The Morgan fingerprint density at radius 2 is 1.86 bits per heavy atom. The summed E-state index contributed by atoms with van der Waals surface area (Å²) >= 11 is 7.43. The maximum absolute atomic E-state index is 5.67. The SMILES string of the molecule is Cc1ccccc1-c1nn(C[NH+](C)[C@H](C)c2nc3ccccc3s2)c(=S)n1C. The molecule has 1 unspecified atom stereocenters. The lowest BCUT2D eigenvalue weighted by molar-refractivity contribution is -0.933. The molecule has 0 bridgehead atoms. The van der Waals surface area contributed by atoms with Crippen LogP contribution in [0.4, 0.5) is 0 Å². The number of rotatable bonds is 5. The summed E-state index contributed by atoms with van der Waals surface area (Å²) in [5, 5.41) is 5.98. The summed E-state index contributed by atoms with van der Waals surface area (Å²) in [6.07, 6.45) is 0. The maximum Gasteiger partial charge on any atom is 0.202 e. The second-order valence-electron chi connectivity index (χ2n) is 7.23. The topological polar surface area (TPSA) is 40.1 Å². The third-order valence-electron chi connectivity index (χ3n) is 5.25. The van der Waals surface area contributed by atoms with E-state index in [0.29, 0.717) is 6.67 Å². The number of quaternary nitrogens is 1. The molecule has 0 aliphatic rings. The van der Waals surface area contributed by atoms with Crippen molar-refractivity contribution in [1.29, 1.82) is 0 Å². The van der Waals surface area contributed by atoms with Gasteiger partial charge in [-0.05, 0) is 43.8 Å². The van der Waals surface area contributed by atoms with Gasteiger partial charge in [0.1, 0.15) is 6.04 Å². The van der Waals surface area contributed by atoms with Gasteiger partial charge in [0.2, 0.25) is 4.77 Å². The fraction of sp³-hybridized carbons (Fsp3) is 0.286. The zero-order valence-corrected chi connectivity index (χ0v) is 18.1. The van der Waals surface area contributed by atoms with E-state index in [2.05, 4.69) is 51.2 Å². The molecule has 2 atom stereocenters. The van der Waals surface area contributed by atoms with E-state index in [0.717, 1.165) is 26.7 Å². The van der Waals surface area contributed by atoms with Crippen LogP contribution in [0.2, 0.25) is 0 Å². The van der Waals surface area contributed by atoms with Gasteiger partial charge < -0.3 is 9.47 Å². The maximum atomic E-state index is 5.67. The van der Waals surface area contributed by atoms with Crippen molar-refractivity contribution < 1.29 is 4.90 Å². The summed E-state index contributed by atoms with van der Waals surface area (Å²) in [4.78, 5) is 6.11. The molecule has 0 saturated carbocycles. The summed E-state index contributed by atoms with van der Waals surface area (Å²) in [6.45, 7) is 5.00. The number of hydrogen-bond acceptors (Lipinski definition) is 4. The minimum atomic E-state index is 0.253. The molecule has 0 aliphatic carbocycles. The Morgan fingerprint density at radius 3 is 2.61 bits per heavy atom. The van der Waals surface area contributed by atoms with Crippen LogP contribution >= 0.6 is 23.6 Å². The van der Waals surface area contributed by atoms with E-state index in [1.54, 1.807) is 11.3 Å². The van der Waals surface area contributed by atoms with Crippen LogP contribution in [0.1, 0.15) is 23.5 Å². The highest BCUT2D eigenvalue weighted by atomic mass is 32.1. The van der Waals surface area contributed by atoms with E-state index in [9.17, 15) is 0 Å². The van der Waals surface area contributed by atoms with Crippen LogP contribution in [0.3, 0.4) is 0 Å². The Bertz CT molecular complexity index is 1150. The molecular weight excluding hydrogens is 386 g/mol. The lowest BCUT2D eigenvalue weighted by Crippen LogP contribution is -3.08. The summed E-state index contributed by atoms with van der Waals surface area (Å²) < 4.78 is 5.88. The predicted octanol–water partition coefficient (Wildman–Crippen LogP) is 3.77. The summed E-state index contributed by atoms with van der Waals surface area (Å²) in [7, 11) is 4.15. The smallest absolute Gasteiger partial charge is 0.202 e. The largest absolute Gasteiger partial charge is 0.311 e. The number of hydrogen-bond donors (Lipinski definition) is 1. The lowest BCUT2D eigenvalue weighted by atomic mass is 10.1. The monoisotopic (exact) mass is 410 g/mol. The highest BCUT2D eigenvalue weighted by Gasteiger charge is 2.22. The van der Waals surface area contributed by atoms with Gasteiger partial charge >= 0.3 is 0 Å². The quantitative estimate of drug-likeness (QED) is 0.509. The summed E-state index contributed by atoms with van der Waals surface area (Å²) in [5.41, 5.74) is 3.38. The van der Waals surface area contributed by atoms with Crippen molar-refractivity contribution in [2.75, 3.05) is 7.05 Å². The van der Waals surface area contributed by atoms with Crippen LogP contribution in [-0.2, 0) is 13.7 Å². The molecular formula is C21H24N5S2+. The van der Waals surface area contributed by atoms with E-state index in [-0.39, 0.29) is 6.04 Å². The Hall–Kier alpha value is -2.35. The second kappa shape index (κ2) is 7.58. The van der Waals surface area contributed by atoms with Gasteiger partial charge in [0.15, 0.2) is 17.5 Å². The predicted molar refractivity (Wildman–Crippen MR) is 117 cm³/mol. The molecule has 7 heteroatoms. The summed E-state index contributed by atoms with van der Waals surface area (Å²) in [6, 6.07) is 16.8. The third-order valence-corrected chi connectivity index (χ3v) is 6.95. The molecule has 2 aromatic carbocycles. The second-order valence-corrected chi connectivity index (χ2v) is 8.65. The summed E-state index contributed by atoms with van der Waals surface area (Å²) in [5.74, 6) is 0.906. The van der Waals surface area contributed by atoms with E-state index in [1.807, 2.05) is 34.5 Å². The third kappa shape index (κ3) is 3.41. The first-order valence-electron chi connectivity index (χ1n) is 9.33. The minimum Gasteiger partial charge on any atom is -0.311 e. The Balaban J connectivity index is 1.61. The van der Waals surface area contributed by atoms with E-state index in [1.165, 1.54) is 15.2 Å². The highest BCUT2D eigenvalue weighted by molar-refractivity contribution is 7.71. The number of aromatic nitrogens is 4. The molecule has 0 radical (unpaired) electrons. The van der Waals surface area contributed by atoms with Crippen molar-refractivity contribution in [3.8, 4) is 11.4 Å². The molecule has 0 fully saturated rings. The number of para-hydroxylation sites is 1. The molecule has 1 N–H and O–H groups in total. The van der Waals surface area contributed by atoms with Crippen LogP contribution in [0.25, 0.3) is 21.6 Å². The molecule has 2 heterocycles. The van der Waals surface area contributed by atoms with Gasteiger partial charge in [-0.2, -0.15) is 4.68 Å². The average Bonchev–Trinajstić information content (AvgIpc) is 3.24. The number of nitrogens with zero attached hydrogens (tertiary/aromatic N) is 4. The number of fused-ring (bicyclic) bond motifs is 1. The standard InChI is InChI=1S/C21H23N5S2/c1-14-9-5-6-10-16(14)19-23-26(21(27)25(19)4)13-24(3)15(2)20-22-17-11-7-8-12-18(17)28-20/h5-12,15H,13H2,1-4H3/p+1/t15-/m1/s1.